The van der Waals surface area contributed by atoms with Crippen molar-refractivity contribution in [3.05, 3.63) is 23.7 Å². The highest BCUT2D eigenvalue weighted by Crippen LogP contribution is 2.25. The lowest BCUT2D eigenvalue weighted by Crippen LogP contribution is -2.19. The molecule has 0 aliphatic carbocycles. The minimum Gasteiger partial charge on any atom is -0.376 e. The lowest BCUT2D eigenvalue weighted by molar-refractivity contribution is 0.120. The molecular weight excluding hydrogens is 266 g/mol. The van der Waals surface area contributed by atoms with Crippen LogP contribution in [-0.4, -0.2) is 39.0 Å². The number of anilines is 1. The molecule has 6 nitrogen and oxygen atoms in total. The number of hydrogen-bond donors (Lipinski definition) is 1. The van der Waals surface area contributed by atoms with E-state index in [-0.39, 0.29) is 6.10 Å². The minimum atomic E-state index is 0.277. The van der Waals surface area contributed by atoms with Crippen LogP contribution >= 0.6 is 0 Å². The molecule has 1 atom stereocenters. The molecule has 1 saturated heterocycles. The third-order valence-corrected chi connectivity index (χ3v) is 3.93. The van der Waals surface area contributed by atoms with E-state index in [1.54, 1.807) is 6.20 Å². The summed E-state index contributed by atoms with van der Waals surface area (Å²) in [5.74, 6) is 0.644. The SMILES string of the molecule is Cc1nn(C)c(C)c1-c1ccnc(NC[C@H]2CCCO2)n1. The predicted octanol–water partition coefficient (Wildman–Crippen LogP) is 2.08. The highest BCUT2D eigenvalue weighted by Gasteiger charge is 2.16. The van der Waals surface area contributed by atoms with Gasteiger partial charge in [0.2, 0.25) is 5.95 Å². The van der Waals surface area contributed by atoms with Crippen LogP contribution in [-0.2, 0) is 11.8 Å². The summed E-state index contributed by atoms with van der Waals surface area (Å²) in [6, 6.07) is 1.92. The van der Waals surface area contributed by atoms with Crippen LogP contribution in [0.15, 0.2) is 12.3 Å². The number of rotatable bonds is 4. The number of hydrogen-bond acceptors (Lipinski definition) is 5. The second-order valence-electron chi connectivity index (χ2n) is 5.45. The van der Waals surface area contributed by atoms with Gasteiger partial charge in [-0.05, 0) is 32.8 Å². The lowest BCUT2D eigenvalue weighted by atomic mass is 10.1. The van der Waals surface area contributed by atoms with Gasteiger partial charge >= 0.3 is 0 Å². The second-order valence-corrected chi connectivity index (χ2v) is 5.45. The third kappa shape index (κ3) is 2.90. The van der Waals surface area contributed by atoms with Crippen LogP contribution in [0.5, 0.6) is 0 Å². The van der Waals surface area contributed by atoms with E-state index in [1.807, 2.05) is 24.7 Å². The van der Waals surface area contributed by atoms with Gasteiger partial charge in [0.1, 0.15) is 0 Å². The van der Waals surface area contributed by atoms with Crippen molar-refractivity contribution < 1.29 is 4.74 Å². The Morgan fingerprint density at radius 1 is 1.43 bits per heavy atom. The van der Waals surface area contributed by atoms with E-state index in [0.29, 0.717) is 5.95 Å². The molecule has 0 saturated carbocycles. The van der Waals surface area contributed by atoms with Gasteiger partial charge in [-0.2, -0.15) is 5.10 Å². The maximum absolute atomic E-state index is 5.60. The van der Waals surface area contributed by atoms with Crippen molar-refractivity contribution in [3.8, 4) is 11.3 Å². The fourth-order valence-electron chi connectivity index (χ4n) is 2.74. The molecule has 1 fully saturated rings. The number of aromatic nitrogens is 4. The molecule has 0 unspecified atom stereocenters. The summed E-state index contributed by atoms with van der Waals surface area (Å²) in [6.45, 7) is 5.68. The fraction of sp³-hybridized carbons (Fsp3) is 0.533. The summed E-state index contributed by atoms with van der Waals surface area (Å²) >= 11 is 0. The van der Waals surface area contributed by atoms with Crippen molar-refractivity contribution in [3.63, 3.8) is 0 Å². The Bertz CT molecular complexity index is 631. The molecule has 1 N–H and O–H groups in total. The maximum atomic E-state index is 5.60. The average Bonchev–Trinajstić information content (AvgIpc) is 3.06. The second kappa shape index (κ2) is 5.81. The first kappa shape index (κ1) is 14.0. The van der Waals surface area contributed by atoms with E-state index in [9.17, 15) is 0 Å². The van der Waals surface area contributed by atoms with Crippen molar-refractivity contribution in [1.82, 2.24) is 19.7 Å². The monoisotopic (exact) mass is 287 g/mol. The number of aryl methyl sites for hydroxylation is 2. The summed E-state index contributed by atoms with van der Waals surface area (Å²) in [5.41, 5.74) is 4.08. The topological polar surface area (TPSA) is 64.9 Å². The zero-order valence-corrected chi connectivity index (χ0v) is 12.8. The molecule has 0 spiro atoms. The van der Waals surface area contributed by atoms with Crippen LogP contribution in [0.25, 0.3) is 11.3 Å². The van der Waals surface area contributed by atoms with E-state index in [0.717, 1.165) is 48.6 Å². The van der Waals surface area contributed by atoms with Crippen LogP contribution in [0.4, 0.5) is 5.95 Å². The molecule has 1 aliphatic rings. The Balaban J connectivity index is 1.79. The van der Waals surface area contributed by atoms with Gasteiger partial charge in [-0.15, -0.1) is 0 Å². The van der Waals surface area contributed by atoms with Crippen LogP contribution in [0.1, 0.15) is 24.2 Å². The average molecular weight is 287 g/mol. The van der Waals surface area contributed by atoms with Crippen molar-refractivity contribution in [2.45, 2.75) is 32.8 Å². The smallest absolute Gasteiger partial charge is 0.223 e. The molecule has 0 amide bonds. The van der Waals surface area contributed by atoms with Gasteiger partial charge in [-0.3, -0.25) is 4.68 Å². The Labute approximate surface area is 124 Å². The van der Waals surface area contributed by atoms with Gasteiger partial charge in [0.25, 0.3) is 0 Å². The molecule has 112 valence electrons. The van der Waals surface area contributed by atoms with E-state index < -0.39 is 0 Å². The minimum absolute atomic E-state index is 0.277. The van der Waals surface area contributed by atoms with Crippen molar-refractivity contribution in [2.75, 3.05) is 18.5 Å². The largest absolute Gasteiger partial charge is 0.376 e. The van der Waals surface area contributed by atoms with Crippen LogP contribution in [0.2, 0.25) is 0 Å². The van der Waals surface area contributed by atoms with Crippen LogP contribution in [0, 0.1) is 13.8 Å². The molecule has 0 radical (unpaired) electrons. The van der Waals surface area contributed by atoms with E-state index in [2.05, 4.69) is 27.3 Å². The predicted molar refractivity (Wildman–Crippen MR) is 81.2 cm³/mol. The molecule has 21 heavy (non-hydrogen) atoms. The molecule has 2 aromatic rings. The first-order chi connectivity index (χ1) is 10.1. The zero-order valence-electron chi connectivity index (χ0n) is 12.8. The quantitative estimate of drug-likeness (QED) is 0.932. The van der Waals surface area contributed by atoms with Crippen LogP contribution < -0.4 is 5.32 Å². The number of ether oxygens (including phenoxy) is 1. The zero-order chi connectivity index (χ0) is 14.8. The Kier molecular flexibility index (Phi) is 3.88. The van der Waals surface area contributed by atoms with Crippen molar-refractivity contribution in [2.24, 2.45) is 7.05 Å². The fourth-order valence-corrected chi connectivity index (χ4v) is 2.74. The third-order valence-electron chi connectivity index (χ3n) is 3.93. The van der Waals surface area contributed by atoms with Gasteiger partial charge in [0.05, 0.1) is 17.5 Å². The molecule has 3 heterocycles. The van der Waals surface area contributed by atoms with E-state index >= 15 is 0 Å². The highest BCUT2D eigenvalue weighted by molar-refractivity contribution is 5.65. The number of nitrogens with zero attached hydrogens (tertiary/aromatic N) is 4. The normalized spacial score (nSPS) is 18.1. The van der Waals surface area contributed by atoms with Gasteiger partial charge < -0.3 is 10.1 Å². The molecule has 0 aromatic carbocycles. The van der Waals surface area contributed by atoms with Crippen LogP contribution in [0.3, 0.4) is 0 Å². The van der Waals surface area contributed by atoms with Gasteiger partial charge in [0.15, 0.2) is 0 Å². The first-order valence-corrected chi connectivity index (χ1v) is 7.34. The number of nitrogens with one attached hydrogen (secondary N) is 1. The molecule has 0 bridgehead atoms. The summed E-state index contributed by atoms with van der Waals surface area (Å²) in [7, 11) is 1.95. The summed E-state index contributed by atoms with van der Waals surface area (Å²) in [4.78, 5) is 8.89. The Hall–Kier alpha value is -1.95. The summed E-state index contributed by atoms with van der Waals surface area (Å²) < 4.78 is 7.48. The van der Waals surface area contributed by atoms with Crippen molar-refractivity contribution in [1.29, 1.82) is 0 Å². The molecule has 2 aromatic heterocycles. The summed E-state index contributed by atoms with van der Waals surface area (Å²) in [6.07, 6.45) is 4.31. The van der Waals surface area contributed by atoms with Gasteiger partial charge in [0, 0.05) is 37.7 Å². The molecule has 6 heteroatoms. The molecule has 3 rings (SSSR count). The van der Waals surface area contributed by atoms with Crippen molar-refractivity contribution >= 4 is 5.95 Å². The maximum Gasteiger partial charge on any atom is 0.223 e. The van der Waals surface area contributed by atoms with E-state index in [1.165, 1.54) is 0 Å². The van der Waals surface area contributed by atoms with E-state index in [4.69, 9.17) is 4.74 Å². The highest BCUT2D eigenvalue weighted by atomic mass is 16.5. The molecular formula is C15H21N5O. The summed E-state index contributed by atoms with van der Waals surface area (Å²) in [5, 5.41) is 7.71. The first-order valence-electron chi connectivity index (χ1n) is 7.34. The van der Waals surface area contributed by atoms with Gasteiger partial charge in [-0.25, -0.2) is 9.97 Å². The Morgan fingerprint density at radius 2 is 2.29 bits per heavy atom. The molecule has 1 aliphatic heterocycles. The standard InChI is InChI=1S/C15H21N5O/c1-10-14(11(2)20(3)19-10)13-6-7-16-15(18-13)17-9-12-5-4-8-21-12/h6-7,12H,4-5,8-9H2,1-3H3,(H,16,17,18)/t12-/m1/s1. The van der Waals surface area contributed by atoms with Gasteiger partial charge in [-0.1, -0.05) is 0 Å². The Morgan fingerprint density at radius 3 is 2.95 bits per heavy atom. The lowest BCUT2D eigenvalue weighted by Gasteiger charge is -2.11.